The van der Waals surface area contributed by atoms with Gasteiger partial charge < -0.3 is 16.2 Å². The molecule has 1 aromatic heterocycles. The lowest BCUT2D eigenvalue weighted by molar-refractivity contribution is 0.474. The number of phenols is 1. The molecule has 1 aromatic carbocycles. The summed E-state index contributed by atoms with van der Waals surface area (Å²) in [5, 5.41) is 12.6. The molecule has 0 bridgehead atoms. The summed E-state index contributed by atoms with van der Waals surface area (Å²) in [6.07, 6.45) is 3.48. The van der Waals surface area contributed by atoms with E-state index >= 15 is 0 Å². The van der Waals surface area contributed by atoms with E-state index in [0.717, 1.165) is 16.8 Å². The Morgan fingerprint density at radius 1 is 1.29 bits per heavy atom. The molecule has 0 atom stereocenters. The molecule has 0 saturated heterocycles. The second kappa shape index (κ2) is 5.32. The highest BCUT2D eigenvalue weighted by Gasteiger charge is 2.00. The third-order valence-corrected chi connectivity index (χ3v) is 2.52. The summed E-state index contributed by atoms with van der Waals surface area (Å²) < 4.78 is 0. The number of hydrogen-bond acceptors (Lipinski definition) is 4. The van der Waals surface area contributed by atoms with Crippen LogP contribution in [0.3, 0.4) is 0 Å². The summed E-state index contributed by atoms with van der Waals surface area (Å²) in [5.74, 6) is 0.276. The number of nitrogens with zero attached hydrogens (tertiary/aromatic N) is 1. The molecule has 0 aliphatic heterocycles. The minimum absolute atomic E-state index is 0.276. The Hall–Kier alpha value is -2.07. The second-order valence-electron chi connectivity index (χ2n) is 3.76. The van der Waals surface area contributed by atoms with Crippen LogP contribution in [-0.2, 0) is 13.1 Å². The van der Waals surface area contributed by atoms with E-state index in [0.29, 0.717) is 13.1 Å². The average Bonchev–Trinajstić information content (AvgIpc) is 2.37. The number of benzene rings is 1. The van der Waals surface area contributed by atoms with Gasteiger partial charge in [-0.1, -0.05) is 12.1 Å². The highest BCUT2D eigenvalue weighted by Crippen LogP contribution is 2.16. The fraction of sp³-hybridized carbons (Fsp3) is 0.154. The number of aromatic nitrogens is 1. The minimum atomic E-state index is 0.276. The lowest BCUT2D eigenvalue weighted by Gasteiger charge is -2.10. The quantitative estimate of drug-likeness (QED) is 0.748. The Bertz CT molecular complexity index is 500. The number of anilines is 1. The van der Waals surface area contributed by atoms with Gasteiger partial charge in [-0.25, -0.2) is 0 Å². The van der Waals surface area contributed by atoms with Crippen molar-refractivity contribution in [1.82, 2.24) is 4.98 Å². The summed E-state index contributed by atoms with van der Waals surface area (Å²) in [6.45, 7) is 1.10. The highest BCUT2D eigenvalue weighted by molar-refractivity contribution is 5.49. The predicted octanol–water partition coefficient (Wildman–Crippen LogP) is 1.86. The minimum Gasteiger partial charge on any atom is -0.508 e. The van der Waals surface area contributed by atoms with Gasteiger partial charge in [-0.3, -0.25) is 4.98 Å². The van der Waals surface area contributed by atoms with Gasteiger partial charge in [0.25, 0.3) is 0 Å². The maximum Gasteiger partial charge on any atom is 0.115 e. The number of aromatic hydroxyl groups is 1. The van der Waals surface area contributed by atoms with E-state index in [1.165, 1.54) is 0 Å². The molecule has 4 heteroatoms. The van der Waals surface area contributed by atoms with Gasteiger partial charge in [0, 0.05) is 36.7 Å². The third-order valence-electron chi connectivity index (χ3n) is 2.52. The van der Waals surface area contributed by atoms with Crippen LogP contribution in [0.2, 0.25) is 0 Å². The third kappa shape index (κ3) is 2.95. The van der Waals surface area contributed by atoms with Crippen molar-refractivity contribution in [3.05, 3.63) is 53.9 Å². The van der Waals surface area contributed by atoms with Crippen molar-refractivity contribution in [3.8, 4) is 5.75 Å². The summed E-state index contributed by atoms with van der Waals surface area (Å²) in [6, 6.07) is 9.06. The Kier molecular flexibility index (Phi) is 3.57. The molecule has 0 fully saturated rings. The van der Waals surface area contributed by atoms with Crippen LogP contribution < -0.4 is 11.1 Å². The van der Waals surface area contributed by atoms with Crippen molar-refractivity contribution in [2.75, 3.05) is 5.32 Å². The molecule has 4 nitrogen and oxygen atoms in total. The molecule has 0 saturated carbocycles. The lowest BCUT2D eigenvalue weighted by Crippen LogP contribution is -2.05. The van der Waals surface area contributed by atoms with Crippen LogP contribution in [0.1, 0.15) is 11.1 Å². The van der Waals surface area contributed by atoms with E-state index in [1.54, 1.807) is 24.5 Å². The molecular formula is C13H15N3O. The number of nitrogens with one attached hydrogen (secondary N) is 1. The fourth-order valence-corrected chi connectivity index (χ4v) is 1.63. The molecule has 0 amide bonds. The topological polar surface area (TPSA) is 71.2 Å². The zero-order valence-electron chi connectivity index (χ0n) is 9.43. The van der Waals surface area contributed by atoms with Gasteiger partial charge in [0.05, 0.1) is 0 Å². The largest absolute Gasteiger partial charge is 0.508 e. The van der Waals surface area contributed by atoms with E-state index in [4.69, 9.17) is 5.73 Å². The van der Waals surface area contributed by atoms with Gasteiger partial charge in [-0.05, 0) is 23.8 Å². The zero-order valence-corrected chi connectivity index (χ0v) is 9.43. The molecule has 0 aliphatic rings. The van der Waals surface area contributed by atoms with Gasteiger partial charge in [0.1, 0.15) is 5.75 Å². The van der Waals surface area contributed by atoms with Crippen molar-refractivity contribution < 1.29 is 5.11 Å². The monoisotopic (exact) mass is 229 g/mol. The summed E-state index contributed by atoms with van der Waals surface area (Å²) in [4.78, 5) is 4.03. The van der Waals surface area contributed by atoms with E-state index in [1.807, 2.05) is 18.2 Å². The van der Waals surface area contributed by atoms with Gasteiger partial charge in [-0.2, -0.15) is 0 Å². The molecular weight excluding hydrogens is 214 g/mol. The second-order valence-corrected chi connectivity index (χ2v) is 3.76. The van der Waals surface area contributed by atoms with E-state index < -0.39 is 0 Å². The van der Waals surface area contributed by atoms with E-state index in [9.17, 15) is 5.11 Å². The maximum atomic E-state index is 9.35. The van der Waals surface area contributed by atoms with Crippen molar-refractivity contribution in [1.29, 1.82) is 0 Å². The molecule has 88 valence electrons. The van der Waals surface area contributed by atoms with Crippen molar-refractivity contribution in [2.45, 2.75) is 13.1 Å². The Balaban J connectivity index is 2.07. The van der Waals surface area contributed by atoms with E-state index in [2.05, 4.69) is 10.3 Å². The Morgan fingerprint density at radius 2 is 2.18 bits per heavy atom. The first-order valence-electron chi connectivity index (χ1n) is 5.44. The van der Waals surface area contributed by atoms with Gasteiger partial charge >= 0.3 is 0 Å². The number of rotatable bonds is 4. The maximum absolute atomic E-state index is 9.35. The summed E-state index contributed by atoms with van der Waals surface area (Å²) in [5.41, 5.74) is 8.60. The van der Waals surface area contributed by atoms with Crippen LogP contribution in [0.4, 0.5) is 5.69 Å². The molecule has 2 rings (SSSR count). The van der Waals surface area contributed by atoms with Crippen LogP contribution in [0, 0.1) is 0 Å². The van der Waals surface area contributed by atoms with Crippen molar-refractivity contribution in [3.63, 3.8) is 0 Å². The first-order chi connectivity index (χ1) is 8.29. The van der Waals surface area contributed by atoms with E-state index in [-0.39, 0.29) is 5.75 Å². The average molecular weight is 229 g/mol. The first-order valence-corrected chi connectivity index (χ1v) is 5.44. The van der Waals surface area contributed by atoms with Crippen LogP contribution in [0.25, 0.3) is 0 Å². The molecule has 0 aliphatic carbocycles. The SMILES string of the molecule is NCc1cnccc1NCc1cccc(O)c1. The summed E-state index contributed by atoms with van der Waals surface area (Å²) in [7, 11) is 0. The molecule has 0 unspecified atom stereocenters. The number of phenolic OH excluding ortho intramolecular Hbond substituents is 1. The molecule has 0 radical (unpaired) electrons. The lowest BCUT2D eigenvalue weighted by atomic mass is 10.2. The Morgan fingerprint density at radius 3 is 2.94 bits per heavy atom. The number of nitrogens with two attached hydrogens (primary N) is 1. The molecule has 17 heavy (non-hydrogen) atoms. The number of pyridine rings is 1. The molecule has 1 heterocycles. The van der Waals surface area contributed by atoms with Gasteiger partial charge in [0.2, 0.25) is 0 Å². The molecule has 4 N–H and O–H groups in total. The van der Waals surface area contributed by atoms with Crippen LogP contribution >= 0.6 is 0 Å². The predicted molar refractivity (Wildman–Crippen MR) is 67.6 cm³/mol. The number of hydrogen-bond donors (Lipinski definition) is 3. The van der Waals surface area contributed by atoms with Gasteiger partial charge in [-0.15, -0.1) is 0 Å². The zero-order chi connectivity index (χ0) is 12.1. The van der Waals surface area contributed by atoms with Crippen LogP contribution in [-0.4, -0.2) is 10.1 Å². The summed E-state index contributed by atoms with van der Waals surface area (Å²) >= 11 is 0. The fourth-order valence-electron chi connectivity index (χ4n) is 1.63. The molecule has 0 spiro atoms. The molecule has 2 aromatic rings. The van der Waals surface area contributed by atoms with Crippen molar-refractivity contribution in [2.24, 2.45) is 5.73 Å². The first kappa shape index (κ1) is 11.4. The van der Waals surface area contributed by atoms with Crippen LogP contribution in [0.5, 0.6) is 5.75 Å². The standard InChI is InChI=1S/C13H15N3O/c14-7-11-9-15-5-4-13(11)16-8-10-2-1-3-12(17)6-10/h1-6,9,17H,7-8,14H2,(H,15,16). The highest BCUT2D eigenvalue weighted by atomic mass is 16.3. The van der Waals surface area contributed by atoms with Gasteiger partial charge in [0.15, 0.2) is 0 Å². The Labute approximate surface area is 100 Å². The van der Waals surface area contributed by atoms with Crippen LogP contribution in [0.15, 0.2) is 42.7 Å². The smallest absolute Gasteiger partial charge is 0.115 e. The van der Waals surface area contributed by atoms with Crippen molar-refractivity contribution >= 4 is 5.69 Å². The normalized spacial score (nSPS) is 10.2.